The molecule has 0 unspecified atom stereocenters. The third kappa shape index (κ3) is 2.76. The average molecular weight is 252 g/mol. The van der Waals surface area contributed by atoms with E-state index in [1.165, 1.54) is 11.3 Å². The number of anilines is 2. The van der Waals surface area contributed by atoms with Gasteiger partial charge in [0.05, 0.1) is 0 Å². The number of thiazole rings is 1. The minimum Gasteiger partial charge on any atom is -0.382 e. The van der Waals surface area contributed by atoms with E-state index in [0.717, 1.165) is 19.4 Å². The molecule has 1 aromatic rings. The highest BCUT2D eigenvalue weighted by molar-refractivity contribution is 7.18. The summed E-state index contributed by atoms with van der Waals surface area (Å²) in [6.45, 7) is 2.74. The van der Waals surface area contributed by atoms with E-state index in [1.807, 2.05) is 6.92 Å². The Morgan fingerprint density at radius 1 is 1.59 bits per heavy atom. The Kier molecular flexibility index (Phi) is 3.63. The van der Waals surface area contributed by atoms with Crippen molar-refractivity contribution in [2.24, 2.45) is 0 Å². The van der Waals surface area contributed by atoms with Crippen LogP contribution in [0, 0.1) is 0 Å². The number of aromatic nitrogens is 1. The second-order valence-corrected chi connectivity index (χ2v) is 4.88. The van der Waals surface area contributed by atoms with Crippen molar-refractivity contribution in [2.45, 2.75) is 25.8 Å². The van der Waals surface area contributed by atoms with Gasteiger partial charge in [-0.3, -0.25) is 4.79 Å². The maximum absolute atomic E-state index is 12.0. The van der Waals surface area contributed by atoms with E-state index >= 15 is 0 Å². The Balaban J connectivity index is 2.02. The molecular formula is C11H16N4OS. The number of nitrogens with one attached hydrogen (secondary N) is 2. The summed E-state index contributed by atoms with van der Waals surface area (Å²) in [7, 11) is 0. The van der Waals surface area contributed by atoms with Crippen LogP contribution in [0.3, 0.4) is 0 Å². The molecule has 5 nitrogen and oxygen atoms in total. The van der Waals surface area contributed by atoms with E-state index in [4.69, 9.17) is 5.73 Å². The van der Waals surface area contributed by atoms with Crippen molar-refractivity contribution in [2.75, 3.05) is 17.6 Å². The summed E-state index contributed by atoms with van der Waals surface area (Å²) in [5.74, 6) is 0.173. The maximum Gasteiger partial charge on any atom is 0.265 e. The molecule has 0 aromatic carbocycles. The molecule has 0 aliphatic heterocycles. The molecule has 1 aromatic heterocycles. The summed E-state index contributed by atoms with van der Waals surface area (Å²) in [5, 5.41) is 6.70. The fraction of sp³-hybridized carbons (Fsp3) is 0.455. The van der Waals surface area contributed by atoms with Gasteiger partial charge >= 0.3 is 0 Å². The Bertz CT molecular complexity index is 433. The smallest absolute Gasteiger partial charge is 0.265 e. The largest absolute Gasteiger partial charge is 0.382 e. The highest BCUT2D eigenvalue weighted by Gasteiger charge is 2.19. The molecule has 17 heavy (non-hydrogen) atoms. The molecule has 0 atom stereocenters. The lowest BCUT2D eigenvalue weighted by atomic mass is 10.2. The van der Waals surface area contributed by atoms with Crippen LogP contribution in [-0.4, -0.2) is 23.5 Å². The van der Waals surface area contributed by atoms with Gasteiger partial charge in [-0.2, -0.15) is 0 Å². The number of nitrogens with two attached hydrogens (primary N) is 1. The van der Waals surface area contributed by atoms with Crippen molar-refractivity contribution in [3.8, 4) is 0 Å². The molecule has 92 valence electrons. The second kappa shape index (κ2) is 5.18. The van der Waals surface area contributed by atoms with Crippen LogP contribution in [0.5, 0.6) is 0 Å². The van der Waals surface area contributed by atoms with Crippen LogP contribution in [0.4, 0.5) is 10.9 Å². The predicted octanol–water partition coefficient (Wildman–Crippen LogP) is 1.61. The first-order chi connectivity index (χ1) is 8.20. The highest BCUT2D eigenvalue weighted by atomic mass is 32.1. The highest BCUT2D eigenvalue weighted by Crippen LogP contribution is 2.25. The topological polar surface area (TPSA) is 80.0 Å². The number of rotatable bonds is 4. The van der Waals surface area contributed by atoms with Crippen molar-refractivity contribution in [1.29, 1.82) is 0 Å². The SMILES string of the molecule is CCNc1nc(N)c(C(=O)NC2CC=CC2)s1. The molecule has 1 aliphatic rings. The lowest BCUT2D eigenvalue weighted by molar-refractivity contribution is 0.0944. The number of hydrogen-bond acceptors (Lipinski definition) is 5. The summed E-state index contributed by atoms with van der Waals surface area (Å²) in [4.78, 5) is 16.6. The maximum atomic E-state index is 12.0. The molecular weight excluding hydrogens is 236 g/mol. The fourth-order valence-electron chi connectivity index (χ4n) is 1.71. The van der Waals surface area contributed by atoms with E-state index in [9.17, 15) is 4.79 Å². The molecule has 1 heterocycles. The van der Waals surface area contributed by atoms with Crippen molar-refractivity contribution in [3.05, 3.63) is 17.0 Å². The van der Waals surface area contributed by atoms with Crippen LogP contribution < -0.4 is 16.4 Å². The summed E-state index contributed by atoms with van der Waals surface area (Å²) < 4.78 is 0. The first-order valence-electron chi connectivity index (χ1n) is 5.66. The van der Waals surface area contributed by atoms with Crippen molar-refractivity contribution in [1.82, 2.24) is 10.3 Å². The minimum atomic E-state index is -0.127. The molecule has 2 rings (SSSR count). The van der Waals surface area contributed by atoms with Gasteiger partial charge in [0.2, 0.25) is 0 Å². The summed E-state index contributed by atoms with van der Waals surface area (Å²) >= 11 is 1.30. The number of hydrogen-bond donors (Lipinski definition) is 3. The van der Waals surface area contributed by atoms with E-state index < -0.39 is 0 Å². The first kappa shape index (κ1) is 11.9. The van der Waals surface area contributed by atoms with Gasteiger partial charge < -0.3 is 16.4 Å². The lowest BCUT2D eigenvalue weighted by Gasteiger charge is -2.10. The second-order valence-electron chi connectivity index (χ2n) is 3.88. The van der Waals surface area contributed by atoms with Gasteiger partial charge in [0.15, 0.2) is 5.13 Å². The quantitative estimate of drug-likeness (QED) is 0.711. The molecule has 0 radical (unpaired) electrons. The third-order valence-corrected chi connectivity index (χ3v) is 3.56. The van der Waals surface area contributed by atoms with Crippen LogP contribution >= 0.6 is 11.3 Å². The van der Waals surface area contributed by atoms with Gasteiger partial charge in [0, 0.05) is 12.6 Å². The molecule has 1 amide bonds. The standard InChI is InChI=1S/C11H16N4OS/c1-2-13-11-15-9(12)8(17-11)10(16)14-7-5-3-4-6-7/h3-4,7H,2,5-6,12H2,1H3,(H,13,15)(H,14,16). The molecule has 0 bridgehead atoms. The number of amides is 1. The Morgan fingerprint density at radius 2 is 2.29 bits per heavy atom. The van der Waals surface area contributed by atoms with Gasteiger partial charge in [-0.1, -0.05) is 23.5 Å². The summed E-state index contributed by atoms with van der Waals surface area (Å²) in [6.07, 6.45) is 5.94. The van der Waals surface area contributed by atoms with Gasteiger partial charge in [0.25, 0.3) is 5.91 Å². The van der Waals surface area contributed by atoms with E-state index in [1.54, 1.807) is 0 Å². The van der Waals surface area contributed by atoms with Crippen LogP contribution in [0.2, 0.25) is 0 Å². The zero-order chi connectivity index (χ0) is 12.3. The predicted molar refractivity (Wildman–Crippen MR) is 70.3 cm³/mol. The third-order valence-electron chi connectivity index (χ3n) is 2.53. The minimum absolute atomic E-state index is 0.127. The molecule has 0 saturated heterocycles. The van der Waals surface area contributed by atoms with E-state index in [2.05, 4.69) is 27.8 Å². The Hall–Kier alpha value is -1.56. The number of carbonyl (C=O) groups is 1. The van der Waals surface area contributed by atoms with Crippen molar-refractivity contribution < 1.29 is 4.79 Å². The zero-order valence-electron chi connectivity index (χ0n) is 9.69. The first-order valence-corrected chi connectivity index (χ1v) is 6.48. The summed E-state index contributed by atoms with van der Waals surface area (Å²) in [5.41, 5.74) is 5.73. The van der Waals surface area contributed by atoms with Gasteiger partial charge in [-0.25, -0.2) is 4.98 Å². The van der Waals surface area contributed by atoms with Crippen LogP contribution in [-0.2, 0) is 0 Å². The van der Waals surface area contributed by atoms with Gasteiger partial charge in [-0.15, -0.1) is 0 Å². The molecule has 0 fully saturated rings. The van der Waals surface area contributed by atoms with E-state index in [-0.39, 0.29) is 11.9 Å². The molecule has 0 saturated carbocycles. The molecule has 6 heteroatoms. The Labute approximate surface area is 104 Å². The fourth-order valence-corrected chi connectivity index (χ4v) is 2.56. The zero-order valence-corrected chi connectivity index (χ0v) is 10.5. The van der Waals surface area contributed by atoms with E-state index in [0.29, 0.717) is 15.8 Å². The Morgan fingerprint density at radius 3 is 2.94 bits per heavy atom. The number of nitrogen functional groups attached to an aromatic ring is 1. The molecule has 4 N–H and O–H groups in total. The van der Waals surface area contributed by atoms with Gasteiger partial charge in [0.1, 0.15) is 10.7 Å². The molecule has 1 aliphatic carbocycles. The van der Waals surface area contributed by atoms with Crippen LogP contribution in [0.15, 0.2) is 12.2 Å². The van der Waals surface area contributed by atoms with Crippen LogP contribution in [0.1, 0.15) is 29.4 Å². The van der Waals surface area contributed by atoms with Crippen molar-refractivity contribution in [3.63, 3.8) is 0 Å². The normalized spacial score (nSPS) is 15.1. The van der Waals surface area contributed by atoms with Gasteiger partial charge in [-0.05, 0) is 19.8 Å². The van der Waals surface area contributed by atoms with Crippen molar-refractivity contribution >= 4 is 28.2 Å². The average Bonchev–Trinajstić information content (AvgIpc) is 2.88. The number of carbonyl (C=O) groups excluding carboxylic acids is 1. The van der Waals surface area contributed by atoms with Crippen LogP contribution in [0.25, 0.3) is 0 Å². The monoisotopic (exact) mass is 252 g/mol. The number of nitrogens with zero attached hydrogens (tertiary/aromatic N) is 1. The molecule has 0 spiro atoms. The lowest BCUT2D eigenvalue weighted by Crippen LogP contribution is -2.32. The summed E-state index contributed by atoms with van der Waals surface area (Å²) in [6, 6.07) is 0.201.